The molecular formula is C34H34ClNO9. The second-order valence-electron chi connectivity index (χ2n) is 11.1. The molecule has 45 heavy (non-hydrogen) atoms. The number of allylic oxidation sites excluding steroid dienone is 1. The van der Waals surface area contributed by atoms with Crippen LogP contribution >= 0.6 is 11.6 Å². The molecule has 0 aromatic heterocycles. The fourth-order valence-electron chi connectivity index (χ4n) is 6.03. The third kappa shape index (κ3) is 5.66. The number of hydrogen-bond acceptors (Lipinski definition) is 9. The van der Waals surface area contributed by atoms with Crippen LogP contribution in [0.25, 0.3) is 0 Å². The lowest BCUT2D eigenvalue weighted by Crippen LogP contribution is -2.53. The number of methoxy groups -OCH3 is 3. The number of aliphatic hydroxyl groups excluding tert-OH is 1. The van der Waals surface area contributed by atoms with Crippen molar-refractivity contribution in [3.63, 3.8) is 0 Å². The normalized spacial score (nSPS) is 19.6. The number of ketones is 2. The first-order valence-electron chi connectivity index (χ1n) is 14.4. The van der Waals surface area contributed by atoms with Gasteiger partial charge >= 0.3 is 0 Å². The lowest BCUT2D eigenvalue weighted by atomic mass is 9.69. The molecule has 1 amide bonds. The molecule has 3 atom stereocenters. The van der Waals surface area contributed by atoms with Crippen LogP contribution in [0.2, 0.25) is 5.02 Å². The number of phenolic OH excluding ortho intramolecular Hbond substituents is 1. The van der Waals surface area contributed by atoms with Gasteiger partial charge in [0.05, 0.1) is 21.3 Å². The Bertz CT molecular complexity index is 1670. The van der Waals surface area contributed by atoms with Crippen molar-refractivity contribution in [2.75, 3.05) is 27.9 Å². The van der Waals surface area contributed by atoms with E-state index in [-0.39, 0.29) is 57.9 Å². The van der Waals surface area contributed by atoms with E-state index in [1.807, 2.05) is 24.3 Å². The van der Waals surface area contributed by atoms with Crippen molar-refractivity contribution in [3.05, 3.63) is 87.6 Å². The number of nitrogens with one attached hydrogen (secondary N) is 1. The van der Waals surface area contributed by atoms with Crippen molar-refractivity contribution in [1.82, 2.24) is 5.32 Å². The number of carbonyl (C=O) groups is 3. The number of rotatable bonds is 10. The van der Waals surface area contributed by atoms with Gasteiger partial charge in [0.1, 0.15) is 33.6 Å². The van der Waals surface area contributed by atoms with Gasteiger partial charge in [-0.3, -0.25) is 14.4 Å². The first kappa shape index (κ1) is 31.7. The Labute approximate surface area is 265 Å². The van der Waals surface area contributed by atoms with Crippen molar-refractivity contribution in [1.29, 1.82) is 0 Å². The number of aromatic hydroxyl groups is 1. The van der Waals surface area contributed by atoms with Gasteiger partial charge < -0.3 is 34.5 Å². The minimum absolute atomic E-state index is 0.0138. The second-order valence-corrected chi connectivity index (χ2v) is 11.4. The summed E-state index contributed by atoms with van der Waals surface area (Å²) in [7, 11) is 4.37. The Morgan fingerprint density at radius 3 is 2.31 bits per heavy atom. The van der Waals surface area contributed by atoms with Gasteiger partial charge in [-0.1, -0.05) is 42.8 Å². The van der Waals surface area contributed by atoms with E-state index in [2.05, 4.69) is 5.32 Å². The Morgan fingerprint density at radius 1 is 1.02 bits per heavy atom. The number of phenols is 1. The number of halogens is 1. The van der Waals surface area contributed by atoms with Crippen LogP contribution in [0.5, 0.6) is 28.7 Å². The molecule has 0 fully saturated rings. The Balaban J connectivity index is 1.51. The summed E-state index contributed by atoms with van der Waals surface area (Å²) in [6, 6.07) is 14.9. The van der Waals surface area contributed by atoms with E-state index in [1.54, 1.807) is 26.2 Å². The molecule has 3 aromatic rings. The van der Waals surface area contributed by atoms with Crippen LogP contribution in [0.1, 0.15) is 47.2 Å². The minimum atomic E-state index is -1.99. The van der Waals surface area contributed by atoms with Crippen molar-refractivity contribution in [3.8, 4) is 28.7 Å². The average Bonchev–Trinajstić information content (AvgIpc) is 3.35. The van der Waals surface area contributed by atoms with Gasteiger partial charge in [0, 0.05) is 42.9 Å². The third-order valence-electron chi connectivity index (χ3n) is 8.44. The molecule has 0 radical (unpaired) electrons. The first-order valence-corrected chi connectivity index (χ1v) is 14.8. The quantitative estimate of drug-likeness (QED) is 0.269. The minimum Gasteiger partial charge on any atom is -0.508 e. The van der Waals surface area contributed by atoms with E-state index in [0.29, 0.717) is 18.5 Å². The van der Waals surface area contributed by atoms with E-state index < -0.39 is 34.8 Å². The van der Waals surface area contributed by atoms with Gasteiger partial charge in [-0.05, 0) is 41.8 Å². The van der Waals surface area contributed by atoms with E-state index in [1.165, 1.54) is 32.4 Å². The zero-order valence-corrected chi connectivity index (χ0v) is 26.1. The summed E-state index contributed by atoms with van der Waals surface area (Å²) in [5, 5.41) is 24.8. The van der Waals surface area contributed by atoms with Crippen molar-refractivity contribution in [2.45, 2.75) is 37.7 Å². The van der Waals surface area contributed by atoms with Crippen LogP contribution in [0.4, 0.5) is 0 Å². The molecule has 0 saturated heterocycles. The first-order chi connectivity index (χ1) is 21.5. The molecule has 3 N–H and O–H groups in total. The zero-order chi connectivity index (χ0) is 32.5. The molecule has 1 spiro atoms. The Hall–Kier alpha value is -4.70. The molecule has 1 aliphatic heterocycles. The molecule has 3 unspecified atom stereocenters. The lowest BCUT2D eigenvalue weighted by molar-refractivity contribution is -0.121. The van der Waals surface area contributed by atoms with Crippen molar-refractivity contribution >= 4 is 29.1 Å². The maximum atomic E-state index is 14.2. The molecule has 0 bridgehead atoms. The predicted octanol–water partition coefficient (Wildman–Crippen LogP) is 5.34. The molecule has 2 aliphatic rings. The van der Waals surface area contributed by atoms with Gasteiger partial charge in [-0.2, -0.15) is 0 Å². The number of aliphatic hydroxyl groups is 1. The van der Waals surface area contributed by atoms with Crippen LogP contribution in [-0.2, 0) is 16.0 Å². The summed E-state index contributed by atoms with van der Waals surface area (Å²) in [6.45, 7) is 1.96. The molecule has 1 heterocycles. The van der Waals surface area contributed by atoms with Crippen LogP contribution in [-0.4, -0.2) is 61.2 Å². The molecule has 5 rings (SSSR count). The fraction of sp³-hybridized carbons (Fsp3) is 0.324. The Morgan fingerprint density at radius 2 is 1.69 bits per heavy atom. The van der Waals surface area contributed by atoms with Gasteiger partial charge in [0.2, 0.25) is 17.3 Å². The van der Waals surface area contributed by atoms with Gasteiger partial charge in [0.25, 0.3) is 0 Å². The monoisotopic (exact) mass is 635 g/mol. The molecule has 1 aliphatic carbocycles. The number of carbonyl (C=O) groups excluding carboxylic acids is 3. The summed E-state index contributed by atoms with van der Waals surface area (Å²) in [4.78, 5) is 41.2. The number of hydrogen-bond donors (Lipinski definition) is 3. The zero-order valence-electron chi connectivity index (χ0n) is 25.3. The number of Topliss-reactive ketones (excluding diaryl/α,β-unsaturated/α-hetero) is 2. The Kier molecular flexibility index (Phi) is 8.97. The molecular weight excluding hydrogens is 602 g/mol. The number of fused-ring (bicyclic) bond motifs is 1. The van der Waals surface area contributed by atoms with Gasteiger partial charge in [-0.15, -0.1) is 0 Å². The average molecular weight is 636 g/mol. The number of ether oxygens (including phenoxy) is 4. The third-order valence-corrected chi connectivity index (χ3v) is 8.80. The van der Waals surface area contributed by atoms with E-state index in [9.17, 15) is 24.6 Å². The van der Waals surface area contributed by atoms with Crippen LogP contribution < -0.4 is 24.3 Å². The lowest BCUT2D eigenvalue weighted by Gasteiger charge is -2.38. The smallest absolute Gasteiger partial charge is 0.231 e. The van der Waals surface area contributed by atoms with Crippen molar-refractivity contribution < 1.29 is 43.5 Å². The highest BCUT2D eigenvalue weighted by Gasteiger charge is 2.61. The summed E-state index contributed by atoms with van der Waals surface area (Å²) in [5.41, 5.74) is -0.611. The molecule has 10 nitrogen and oxygen atoms in total. The topological polar surface area (TPSA) is 141 Å². The second kappa shape index (κ2) is 12.7. The fourth-order valence-corrected chi connectivity index (χ4v) is 6.29. The highest BCUT2D eigenvalue weighted by Crippen LogP contribution is 2.55. The van der Waals surface area contributed by atoms with Crippen LogP contribution in [0, 0.1) is 5.92 Å². The van der Waals surface area contributed by atoms with E-state index >= 15 is 0 Å². The molecule has 0 saturated carbocycles. The van der Waals surface area contributed by atoms with E-state index in [0.717, 1.165) is 11.3 Å². The summed E-state index contributed by atoms with van der Waals surface area (Å²) < 4.78 is 22.2. The maximum absolute atomic E-state index is 14.2. The number of amides is 1. The summed E-state index contributed by atoms with van der Waals surface area (Å²) in [5.74, 6) is -2.75. The molecule has 11 heteroatoms. The summed E-state index contributed by atoms with van der Waals surface area (Å²) >= 11 is 6.56. The maximum Gasteiger partial charge on any atom is 0.231 e. The summed E-state index contributed by atoms with van der Waals surface area (Å²) in [6.07, 6.45) is 0.186. The standard InChI is InChI=1S/C34H34ClNO9/c1-18-15-24(38)28(32(40)34(18)33(41)29-25(43-3)17-26(44-4)30(35)31(29)45-34)23(20-7-9-21(37)10-8-20)16-27(39)36-14-13-19-5-11-22(42-2)12-6-19/h5-12,17-18,23,37,40H,13-16H2,1-4H3,(H,36,39). The molecule has 236 valence electrons. The highest BCUT2D eigenvalue weighted by molar-refractivity contribution is 6.35. The predicted molar refractivity (Wildman–Crippen MR) is 166 cm³/mol. The van der Waals surface area contributed by atoms with Crippen LogP contribution in [0.3, 0.4) is 0 Å². The largest absolute Gasteiger partial charge is 0.508 e. The SMILES string of the molecule is COc1ccc(CCNC(=O)CC(C2=C(O)C3(Oc4c(Cl)c(OC)cc(OC)c4C3=O)C(C)CC2=O)c2ccc(O)cc2)cc1. The van der Waals surface area contributed by atoms with Crippen LogP contribution in [0.15, 0.2) is 65.9 Å². The van der Waals surface area contributed by atoms with Gasteiger partial charge in [-0.25, -0.2) is 0 Å². The van der Waals surface area contributed by atoms with Gasteiger partial charge in [0.15, 0.2) is 17.3 Å². The highest BCUT2D eigenvalue weighted by atomic mass is 35.5. The number of benzene rings is 3. The molecule has 3 aromatic carbocycles. The van der Waals surface area contributed by atoms with E-state index in [4.69, 9.17) is 30.5 Å². The van der Waals surface area contributed by atoms with Crippen molar-refractivity contribution in [2.24, 2.45) is 5.92 Å².